The highest BCUT2D eigenvalue weighted by Gasteiger charge is 2.44. The van der Waals surface area contributed by atoms with Crippen molar-refractivity contribution < 1.29 is 14.4 Å². The average Bonchev–Trinajstić information content (AvgIpc) is 4.13. The van der Waals surface area contributed by atoms with Crippen LogP contribution < -0.4 is 16.0 Å². The van der Waals surface area contributed by atoms with Crippen molar-refractivity contribution in [3.63, 3.8) is 0 Å². The van der Waals surface area contributed by atoms with Crippen molar-refractivity contribution in [1.29, 1.82) is 0 Å². The molecular weight excluding hydrogens is 791 g/mol. The maximum absolute atomic E-state index is 14.5. The largest absolute Gasteiger partial charge is 0.361 e. The summed E-state index contributed by atoms with van der Waals surface area (Å²) in [7, 11) is 1.77. The fraction of sp³-hybridized carbons (Fsp3) is 0.449. The number of hydrogen-bond donors (Lipinski definition) is 4. The first-order chi connectivity index (χ1) is 30.8. The van der Waals surface area contributed by atoms with E-state index in [1.807, 2.05) is 89.5 Å². The average molecular weight is 852 g/mol. The molecule has 0 saturated carbocycles. The number of nitrogens with zero attached hydrogens (tertiary/aromatic N) is 7. The third-order valence-electron chi connectivity index (χ3n) is 12.9. The Morgan fingerprint density at radius 3 is 2.19 bits per heavy atom. The molecule has 6 aromatic rings. The highest BCUT2D eigenvalue weighted by atomic mass is 16.2. The summed E-state index contributed by atoms with van der Waals surface area (Å²) in [6, 6.07) is 24.3. The quantitative estimate of drug-likeness (QED) is 0.0704. The summed E-state index contributed by atoms with van der Waals surface area (Å²) >= 11 is 0. The Balaban J connectivity index is 0.859. The molecule has 3 amide bonds. The molecule has 8 rings (SSSR count). The monoisotopic (exact) mass is 851 g/mol. The Morgan fingerprint density at radius 2 is 1.48 bits per heavy atom. The van der Waals surface area contributed by atoms with Crippen molar-refractivity contribution in [1.82, 2.24) is 55.8 Å². The zero-order chi connectivity index (χ0) is 43.5. The molecule has 5 atom stereocenters. The third kappa shape index (κ3) is 10.9. The zero-order valence-corrected chi connectivity index (χ0v) is 36.6. The van der Waals surface area contributed by atoms with Gasteiger partial charge < -0.3 is 25.8 Å². The van der Waals surface area contributed by atoms with Crippen molar-refractivity contribution in [2.75, 3.05) is 7.05 Å². The molecule has 3 aromatic heterocycles. The molecule has 3 aromatic carbocycles. The molecule has 2 saturated heterocycles. The fourth-order valence-corrected chi connectivity index (χ4v) is 9.39. The van der Waals surface area contributed by atoms with Gasteiger partial charge >= 0.3 is 0 Å². The number of rotatable bonds is 19. The van der Waals surface area contributed by atoms with E-state index in [0.29, 0.717) is 31.5 Å². The minimum absolute atomic E-state index is 0.0561. The highest BCUT2D eigenvalue weighted by Crippen LogP contribution is 2.33. The number of likely N-dealkylation sites (N-methyl/N-ethyl adjacent to an activating group) is 1. The summed E-state index contributed by atoms with van der Waals surface area (Å²) < 4.78 is 3.77. The second-order valence-electron chi connectivity index (χ2n) is 17.4. The van der Waals surface area contributed by atoms with Crippen LogP contribution in [0.2, 0.25) is 0 Å². The first kappa shape index (κ1) is 43.5. The predicted octanol–water partition coefficient (Wildman–Crippen LogP) is 6.16. The molecule has 330 valence electrons. The lowest BCUT2D eigenvalue weighted by atomic mass is 9.98. The number of benzene rings is 3. The van der Waals surface area contributed by atoms with Crippen LogP contribution in [0.25, 0.3) is 10.9 Å². The summed E-state index contributed by atoms with van der Waals surface area (Å²) in [6.07, 6.45) is 16.9. The molecule has 0 bridgehead atoms. The molecule has 5 heterocycles. The first-order valence-corrected chi connectivity index (χ1v) is 22.9. The number of amides is 3. The number of hydrogen-bond acceptors (Lipinski definition) is 8. The second-order valence-corrected chi connectivity index (χ2v) is 17.4. The fourth-order valence-electron chi connectivity index (χ4n) is 9.39. The van der Waals surface area contributed by atoms with E-state index in [1.165, 1.54) is 11.1 Å². The summed E-state index contributed by atoms with van der Waals surface area (Å²) in [4.78, 5) is 47.7. The molecule has 2 aliphatic rings. The molecule has 0 aliphatic carbocycles. The summed E-state index contributed by atoms with van der Waals surface area (Å²) in [5, 5.41) is 27.8. The van der Waals surface area contributed by atoms with Gasteiger partial charge in [-0.3, -0.25) is 23.7 Å². The van der Waals surface area contributed by atoms with Crippen molar-refractivity contribution in [3.05, 3.63) is 131 Å². The minimum atomic E-state index is -0.714. The van der Waals surface area contributed by atoms with Gasteiger partial charge in [-0.05, 0) is 113 Å². The van der Waals surface area contributed by atoms with Crippen molar-refractivity contribution in [2.24, 2.45) is 0 Å². The molecule has 4 N–H and O–H groups in total. The highest BCUT2D eigenvalue weighted by molar-refractivity contribution is 5.94. The molecule has 63 heavy (non-hydrogen) atoms. The van der Waals surface area contributed by atoms with Gasteiger partial charge in [-0.1, -0.05) is 96.1 Å². The van der Waals surface area contributed by atoms with Gasteiger partial charge in [0.1, 0.15) is 17.8 Å². The Kier molecular flexibility index (Phi) is 14.4. The van der Waals surface area contributed by atoms with Crippen molar-refractivity contribution in [3.8, 4) is 0 Å². The van der Waals surface area contributed by atoms with Crippen LogP contribution in [0.5, 0.6) is 0 Å². The van der Waals surface area contributed by atoms with Crippen LogP contribution >= 0.6 is 0 Å². The summed E-state index contributed by atoms with van der Waals surface area (Å²) in [5.41, 5.74) is 7.22. The van der Waals surface area contributed by atoms with Gasteiger partial charge in [-0.2, -0.15) is 0 Å². The van der Waals surface area contributed by atoms with Gasteiger partial charge in [-0.15, -0.1) is 10.2 Å². The third-order valence-corrected chi connectivity index (χ3v) is 12.9. The maximum atomic E-state index is 14.5. The number of carbonyl (C=O) groups excluding carboxylic acids is 3. The lowest BCUT2D eigenvalue weighted by Crippen LogP contribution is -2.58. The van der Waals surface area contributed by atoms with Crippen LogP contribution in [-0.4, -0.2) is 88.8 Å². The molecule has 2 aliphatic heterocycles. The Morgan fingerprint density at radius 1 is 0.794 bits per heavy atom. The van der Waals surface area contributed by atoms with E-state index in [2.05, 4.69) is 65.8 Å². The molecule has 2 fully saturated rings. The van der Waals surface area contributed by atoms with Gasteiger partial charge in [0.05, 0.1) is 24.0 Å². The molecule has 14 nitrogen and oxygen atoms in total. The van der Waals surface area contributed by atoms with Crippen LogP contribution in [0.4, 0.5) is 0 Å². The normalized spacial score (nSPS) is 18.7. The van der Waals surface area contributed by atoms with Crippen LogP contribution in [-0.2, 0) is 46.7 Å². The lowest BCUT2D eigenvalue weighted by Gasteiger charge is -2.36. The van der Waals surface area contributed by atoms with E-state index in [-0.39, 0.29) is 23.8 Å². The van der Waals surface area contributed by atoms with Gasteiger partial charge in [0.2, 0.25) is 17.7 Å². The molecule has 0 spiro atoms. The van der Waals surface area contributed by atoms with E-state index in [1.54, 1.807) is 11.9 Å². The smallest absolute Gasteiger partial charge is 0.246 e. The van der Waals surface area contributed by atoms with E-state index in [9.17, 15) is 14.4 Å². The van der Waals surface area contributed by atoms with Gasteiger partial charge in [0, 0.05) is 42.4 Å². The SMILES string of the molecule is CN[C@@H](Cc1c[nH]c2ccccc12)C(=O)N[C@H]1CCCC[C@H]2CC[C@@H](C(=O)N[C@@H](c3ccccc3)c3cn(CCCCc4ccc(CCCCn5cc(C)nn5)cc4)nn3)N2C1=O. The number of nitrogens with one attached hydrogen (secondary N) is 4. The number of aryl methyl sites for hydroxylation is 5. The second kappa shape index (κ2) is 20.8. The molecule has 14 heteroatoms. The van der Waals surface area contributed by atoms with E-state index < -0.39 is 24.2 Å². The topological polar surface area (TPSA) is 168 Å². The minimum Gasteiger partial charge on any atom is -0.361 e. The molecule has 0 radical (unpaired) electrons. The van der Waals surface area contributed by atoms with Crippen molar-refractivity contribution in [2.45, 2.75) is 134 Å². The number of unbranched alkanes of at least 4 members (excludes halogenated alkanes) is 2. The van der Waals surface area contributed by atoms with E-state index in [0.717, 1.165) is 98.5 Å². The van der Waals surface area contributed by atoms with Crippen LogP contribution in [0.15, 0.2) is 97.5 Å². The Hall–Kier alpha value is -6.15. The number of fused-ring (bicyclic) bond motifs is 2. The zero-order valence-electron chi connectivity index (χ0n) is 36.6. The Labute approximate surface area is 369 Å². The number of para-hydroxylation sites is 1. The summed E-state index contributed by atoms with van der Waals surface area (Å²) in [6.45, 7) is 3.57. The van der Waals surface area contributed by atoms with Crippen LogP contribution in [0, 0.1) is 6.92 Å². The van der Waals surface area contributed by atoms with E-state index >= 15 is 0 Å². The van der Waals surface area contributed by atoms with Crippen LogP contribution in [0.3, 0.4) is 0 Å². The first-order valence-electron chi connectivity index (χ1n) is 22.9. The number of aromatic amines is 1. The molecular formula is C49H61N11O3. The van der Waals surface area contributed by atoms with Gasteiger partial charge in [-0.25, -0.2) is 0 Å². The number of aromatic nitrogens is 7. The Bertz CT molecular complexity index is 2420. The van der Waals surface area contributed by atoms with E-state index in [4.69, 9.17) is 0 Å². The van der Waals surface area contributed by atoms with Crippen LogP contribution in [0.1, 0.15) is 104 Å². The molecule has 0 unspecified atom stereocenters. The van der Waals surface area contributed by atoms with Gasteiger partial charge in [0.15, 0.2) is 0 Å². The van der Waals surface area contributed by atoms with Crippen molar-refractivity contribution >= 4 is 28.6 Å². The standard InChI is InChI=1S/C49H61N11O3/c1-34-32-58(56-54-34)28-12-10-14-35-22-24-36(25-23-35)15-11-13-29-59-33-44(55-57-59)46(37-16-4-3-5-17-37)53-48(62)45-27-26-39-18-6-8-21-42(49(63)60(39)45)52-47(61)43(50-2)30-38-31-51-41-20-9-7-19-40(38)41/h3-5,7,9,16-17,19-20,22-25,31-33,39,42-43,45-46,50-51H,6,8,10-15,18,21,26-30H2,1-2H3,(H,52,61)(H,53,62)/t39-,42-,43-,45-,46-/m0/s1. The van der Waals surface area contributed by atoms with Gasteiger partial charge in [0.25, 0.3) is 0 Å². The predicted molar refractivity (Wildman–Crippen MR) is 242 cm³/mol. The number of carbonyl (C=O) groups is 3. The summed E-state index contributed by atoms with van der Waals surface area (Å²) in [5.74, 6) is -0.631. The maximum Gasteiger partial charge on any atom is 0.246 e. The number of H-pyrrole nitrogens is 1. The lowest BCUT2D eigenvalue weighted by molar-refractivity contribution is -0.144.